The summed E-state index contributed by atoms with van der Waals surface area (Å²) in [4.78, 5) is 12.7. The molecule has 2 amide bonds. The first-order chi connectivity index (χ1) is 16.4. The molecule has 0 unspecified atom stereocenters. The predicted molar refractivity (Wildman–Crippen MR) is 133 cm³/mol. The van der Waals surface area contributed by atoms with Crippen LogP contribution >= 0.6 is 0 Å². The van der Waals surface area contributed by atoms with E-state index in [1.165, 1.54) is 11.4 Å². The first-order valence-corrected chi connectivity index (χ1v) is 12.5. The molecule has 9 heteroatoms. The van der Waals surface area contributed by atoms with Crippen LogP contribution < -0.4 is 24.4 Å². The Kier molecular flexibility index (Phi) is 6.93. The predicted octanol–water partition coefficient (Wildman–Crippen LogP) is 4.88. The number of hydrogen-bond donors (Lipinski definition) is 2. The summed E-state index contributed by atoms with van der Waals surface area (Å²) in [6.07, 6.45) is 1.41. The van der Waals surface area contributed by atoms with Gasteiger partial charge in [-0.25, -0.2) is 13.2 Å². The number of nitrogens with zero attached hydrogens (tertiary/aromatic N) is 1. The number of sulfonamides is 1. The molecule has 0 fully saturated rings. The van der Waals surface area contributed by atoms with Crippen LogP contribution in [0.3, 0.4) is 0 Å². The molecular formula is C25H27N3O5S. The van der Waals surface area contributed by atoms with Gasteiger partial charge in [-0.05, 0) is 92.1 Å². The molecule has 0 atom stereocenters. The van der Waals surface area contributed by atoms with Gasteiger partial charge in [0, 0.05) is 17.9 Å². The van der Waals surface area contributed by atoms with Gasteiger partial charge in [-0.15, -0.1) is 0 Å². The summed E-state index contributed by atoms with van der Waals surface area (Å²) in [5.41, 5.74) is 2.71. The summed E-state index contributed by atoms with van der Waals surface area (Å²) >= 11 is 0. The summed E-state index contributed by atoms with van der Waals surface area (Å²) in [6, 6.07) is 18.3. The van der Waals surface area contributed by atoms with Gasteiger partial charge in [0.05, 0.1) is 24.3 Å². The lowest BCUT2D eigenvalue weighted by Gasteiger charge is -2.31. The van der Waals surface area contributed by atoms with Gasteiger partial charge in [0.2, 0.25) is 0 Å². The lowest BCUT2D eigenvalue weighted by molar-refractivity contribution is 0.262. The number of methoxy groups -OCH3 is 1. The molecule has 3 aromatic rings. The van der Waals surface area contributed by atoms with E-state index in [2.05, 4.69) is 10.6 Å². The lowest BCUT2D eigenvalue weighted by atomic mass is 10.0. The van der Waals surface area contributed by atoms with Crippen LogP contribution in [0.15, 0.2) is 71.6 Å². The molecule has 178 valence electrons. The number of aryl methyl sites for hydroxylation is 1. The largest absolute Gasteiger partial charge is 0.497 e. The van der Waals surface area contributed by atoms with E-state index >= 15 is 0 Å². The fourth-order valence-electron chi connectivity index (χ4n) is 3.86. The second-order valence-corrected chi connectivity index (χ2v) is 9.60. The van der Waals surface area contributed by atoms with Crippen molar-refractivity contribution in [2.24, 2.45) is 0 Å². The number of hydrogen-bond acceptors (Lipinski definition) is 5. The number of carbonyl (C=O) groups excluding carboxylic acids is 1. The van der Waals surface area contributed by atoms with Gasteiger partial charge in [-0.1, -0.05) is 0 Å². The second-order valence-electron chi connectivity index (χ2n) is 7.74. The molecule has 4 rings (SSSR count). The summed E-state index contributed by atoms with van der Waals surface area (Å²) in [7, 11) is -2.18. The maximum absolute atomic E-state index is 13.3. The zero-order valence-corrected chi connectivity index (χ0v) is 19.9. The molecule has 34 heavy (non-hydrogen) atoms. The first kappa shape index (κ1) is 23.4. The van der Waals surface area contributed by atoms with E-state index < -0.39 is 10.0 Å². The van der Waals surface area contributed by atoms with E-state index in [0.29, 0.717) is 42.4 Å². The highest BCUT2D eigenvalue weighted by Gasteiger charge is 2.29. The number of nitrogens with one attached hydrogen (secondary N) is 2. The monoisotopic (exact) mass is 481 g/mol. The van der Waals surface area contributed by atoms with E-state index in [1.54, 1.807) is 60.7 Å². The molecule has 1 aliphatic heterocycles. The molecular weight excluding hydrogens is 454 g/mol. The standard InChI is InChI=1S/C25H27N3O5S/c1-3-33-22-9-6-19(7-10-22)26-25(29)27-20-8-15-24-18(17-20)5-4-16-28(24)34(30,31)23-13-11-21(32-2)12-14-23/h6-15,17H,3-5,16H2,1-2H3,(H2,26,27,29). The van der Waals surface area contributed by atoms with Crippen LogP contribution in [0.5, 0.6) is 11.5 Å². The molecule has 0 saturated heterocycles. The average molecular weight is 482 g/mol. The average Bonchev–Trinajstić information content (AvgIpc) is 2.85. The van der Waals surface area contributed by atoms with Crippen LogP contribution in [0.4, 0.5) is 21.9 Å². The van der Waals surface area contributed by atoms with Crippen LogP contribution in [-0.2, 0) is 16.4 Å². The minimum absolute atomic E-state index is 0.207. The van der Waals surface area contributed by atoms with Crippen molar-refractivity contribution in [3.05, 3.63) is 72.3 Å². The first-order valence-electron chi connectivity index (χ1n) is 11.0. The van der Waals surface area contributed by atoms with Gasteiger partial charge in [0.1, 0.15) is 11.5 Å². The van der Waals surface area contributed by atoms with Crippen molar-refractivity contribution < 1.29 is 22.7 Å². The van der Waals surface area contributed by atoms with Crippen LogP contribution in [0, 0.1) is 0 Å². The number of rotatable bonds is 7. The highest BCUT2D eigenvalue weighted by Crippen LogP contribution is 2.34. The van der Waals surface area contributed by atoms with Gasteiger partial charge < -0.3 is 20.1 Å². The van der Waals surface area contributed by atoms with Crippen molar-refractivity contribution in [3.8, 4) is 11.5 Å². The van der Waals surface area contributed by atoms with Crippen LogP contribution in [0.2, 0.25) is 0 Å². The van der Waals surface area contributed by atoms with Crippen LogP contribution in [0.25, 0.3) is 0 Å². The van der Waals surface area contributed by atoms with Crippen molar-refractivity contribution in [2.75, 3.05) is 35.2 Å². The Bertz CT molecular complexity index is 1260. The van der Waals surface area contributed by atoms with Gasteiger partial charge in [-0.2, -0.15) is 0 Å². The van der Waals surface area contributed by atoms with Crippen LogP contribution in [0.1, 0.15) is 18.9 Å². The topological polar surface area (TPSA) is 97.0 Å². The lowest BCUT2D eigenvalue weighted by Crippen LogP contribution is -2.35. The Hall–Kier alpha value is -3.72. The number of urea groups is 1. The third-order valence-electron chi connectivity index (χ3n) is 5.48. The van der Waals surface area contributed by atoms with Gasteiger partial charge >= 0.3 is 6.03 Å². The molecule has 0 spiro atoms. The zero-order chi connectivity index (χ0) is 24.1. The van der Waals surface area contributed by atoms with Crippen molar-refractivity contribution in [1.82, 2.24) is 0 Å². The molecule has 1 heterocycles. The SMILES string of the molecule is CCOc1ccc(NC(=O)Nc2ccc3c(c2)CCCN3S(=O)(=O)c2ccc(OC)cc2)cc1. The highest BCUT2D eigenvalue weighted by atomic mass is 32.2. The van der Waals surface area contributed by atoms with E-state index in [1.807, 2.05) is 13.0 Å². The van der Waals surface area contributed by atoms with Crippen molar-refractivity contribution in [1.29, 1.82) is 0 Å². The Morgan fingerprint density at radius 2 is 1.59 bits per heavy atom. The Morgan fingerprint density at radius 3 is 2.26 bits per heavy atom. The van der Waals surface area contributed by atoms with E-state index in [4.69, 9.17) is 9.47 Å². The zero-order valence-electron chi connectivity index (χ0n) is 19.1. The maximum Gasteiger partial charge on any atom is 0.323 e. The van der Waals surface area contributed by atoms with Gasteiger partial charge in [0.15, 0.2) is 0 Å². The van der Waals surface area contributed by atoms with E-state index in [0.717, 1.165) is 17.7 Å². The maximum atomic E-state index is 13.3. The van der Waals surface area contributed by atoms with Crippen LogP contribution in [-0.4, -0.2) is 34.7 Å². The summed E-state index contributed by atoms with van der Waals surface area (Å²) in [5.74, 6) is 1.33. The molecule has 0 bridgehead atoms. The van der Waals surface area contributed by atoms with Gasteiger partial charge in [0.25, 0.3) is 10.0 Å². The van der Waals surface area contributed by atoms with Crippen molar-refractivity contribution in [2.45, 2.75) is 24.7 Å². The Labute approximate surface area is 199 Å². The quantitative estimate of drug-likeness (QED) is 0.501. The Morgan fingerprint density at radius 1 is 0.941 bits per heavy atom. The third kappa shape index (κ3) is 5.09. The fourth-order valence-corrected chi connectivity index (χ4v) is 5.40. The number of anilines is 3. The molecule has 2 N–H and O–H groups in total. The smallest absolute Gasteiger partial charge is 0.323 e. The van der Waals surface area contributed by atoms with Crippen molar-refractivity contribution in [3.63, 3.8) is 0 Å². The Balaban J connectivity index is 1.48. The normalized spacial score (nSPS) is 13.1. The molecule has 0 radical (unpaired) electrons. The minimum Gasteiger partial charge on any atom is -0.497 e. The summed E-state index contributed by atoms with van der Waals surface area (Å²) < 4.78 is 38.5. The molecule has 8 nitrogen and oxygen atoms in total. The van der Waals surface area contributed by atoms with E-state index in [-0.39, 0.29) is 10.9 Å². The fraction of sp³-hybridized carbons (Fsp3) is 0.240. The summed E-state index contributed by atoms with van der Waals surface area (Å²) in [5, 5.41) is 5.60. The summed E-state index contributed by atoms with van der Waals surface area (Å²) in [6.45, 7) is 2.88. The number of benzene rings is 3. The number of carbonyl (C=O) groups is 1. The van der Waals surface area contributed by atoms with E-state index in [9.17, 15) is 13.2 Å². The molecule has 1 aliphatic rings. The highest BCUT2D eigenvalue weighted by molar-refractivity contribution is 7.92. The third-order valence-corrected chi connectivity index (χ3v) is 7.31. The van der Waals surface area contributed by atoms with Crippen molar-refractivity contribution >= 4 is 33.1 Å². The number of ether oxygens (including phenoxy) is 2. The number of fused-ring (bicyclic) bond motifs is 1. The molecule has 0 aromatic heterocycles. The van der Waals surface area contributed by atoms with Gasteiger partial charge in [-0.3, -0.25) is 4.31 Å². The minimum atomic E-state index is -3.72. The second kappa shape index (κ2) is 10.0. The number of amides is 2. The molecule has 0 saturated carbocycles. The molecule has 3 aromatic carbocycles. The molecule has 0 aliphatic carbocycles.